The highest BCUT2D eigenvalue weighted by atomic mass is 19.4. The van der Waals surface area contributed by atoms with Gasteiger partial charge in [-0.3, -0.25) is 4.79 Å². The number of halogens is 4. The minimum absolute atomic E-state index is 0.0556. The molecule has 0 aliphatic carbocycles. The third-order valence-electron chi connectivity index (χ3n) is 4.72. The number of carbonyl (C=O) groups excluding carboxylic acids is 1. The van der Waals surface area contributed by atoms with Crippen molar-refractivity contribution < 1.29 is 41.4 Å². The number of carbonyl (C=O) groups is 2. The summed E-state index contributed by atoms with van der Waals surface area (Å²) in [7, 11) is 0. The summed E-state index contributed by atoms with van der Waals surface area (Å²) in [5, 5.41) is 7.12. The third-order valence-corrected chi connectivity index (χ3v) is 4.72. The first-order valence-corrected chi connectivity index (χ1v) is 9.61. The SMILES string of the molecule is Cc1occc1C(=O)N1Cc2cccn2CC(Oc2ncccc2F)C1.O=C(O)C(F)(F)F. The summed E-state index contributed by atoms with van der Waals surface area (Å²) in [6, 6.07) is 8.36. The van der Waals surface area contributed by atoms with Crippen LogP contribution >= 0.6 is 0 Å². The van der Waals surface area contributed by atoms with E-state index >= 15 is 0 Å². The van der Waals surface area contributed by atoms with Crippen LogP contribution in [0.2, 0.25) is 0 Å². The molecule has 0 spiro atoms. The fraction of sp³-hybridized carbons (Fsp3) is 0.286. The Balaban J connectivity index is 0.000000383. The molecule has 4 rings (SSSR count). The van der Waals surface area contributed by atoms with E-state index in [1.165, 1.54) is 24.6 Å². The largest absolute Gasteiger partial charge is 0.490 e. The molecule has 1 atom stereocenters. The second-order valence-electron chi connectivity index (χ2n) is 7.06. The van der Waals surface area contributed by atoms with Gasteiger partial charge in [0.1, 0.15) is 11.9 Å². The predicted molar refractivity (Wildman–Crippen MR) is 105 cm³/mol. The van der Waals surface area contributed by atoms with Crippen LogP contribution in [0, 0.1) is 12.7 Å². The van der Waals surface area contributed by atoms with Crippen molar-refractivity contribution in [3.8, 4) is 5.88 Å². The normalized spacial score (nSPS) is 15.7. The van der Waals surface area contributed by atoms with Crippen LogP contribution in [0.1, 0.15) is 21.8 Å². The molecule has 3 aromatic heterocycles. The number of nitrogens with zero attached hydrogens (tertiary/aromatic N) is 3. The molecule has 1 unspecified atom stereocenters. The van der Waals surface area contributed by atoms with Crippen molar-refractivity contribution in [2.24, 2.45) is 0 Å². The van der Waals surface area contributed by atoms with Gasteiger partial charge in [0.05, 0.1) is 31.5 Å². The molecule has 33 heavy (non-hydrogen) atoms. The van der Waals surface area contributed by atoms with E-state index in [4.69, 9.17) is 19.1 Å². The Hall–Kier alpha value is -3.83. The molecule has 0 aromatic carbocycles. The van der Waals surface area contributed by atoms with Gasteiger partial charge in [0.25, 0.3) is 11.8 Å². The van der Waals surface area contributed by atoms with Gasteiger partial charge in [0.2, 0.25) is 0 Å². The number of aliphatic carboxylic acids is 1. The van der Waals surface area contributed by atoms with Crippen molar-refractivity contribution in [2.75, 3.05) is 6.54 Å². The molecule has 1 N–H and O–H groups in total. The summed E-state index contributed by atoms with van der Waals surface area (Å²) in [4.78, 5) is 27.5. The van der Waals surface area contributed by atoms with E-state index in [0.717, 1.165) is 5.69 Å². The van der Waals surface area contributed by atoms with Crippen LogP contribution in [0.5, 0.6) is 5.88 Å². The lowest BCUT2D eigenvalue weighted by atomic mass is 10.2. The van der Waals surface area contributed by atoms with E-state index in [0.29, 0.717) is 31.0 Å². The van der Waals surface area contributed by atoms with Crippen LogP contribution in [0.15, 0.2) is 53.4 Å². The molecule has 0 radical (unpaired) electrons. The van der Waals surface area contributed by atoms with E-state index < -0.39 is 24.1 Å². The molecule has 8 nitrogen and oxygen atoms in total. The standard InChI is InChI=1S/C19H18FN3O3.C2HF3O2/c1-13-16(6-9-25-13)19(24)23-10-14-4-3-8-22(14)11-15(12-23)26-18-17(20)5-2-7-21-18;3-2(4,5)1(6)7/h2-9,15H,10-12H2,1H3;(H,6,7). The number of aromatic nitrogens is 2. The van der Waals surface area contributed by atoms with Gasteiger partial charge in [0, 0.05) is 18.1 Å². The topological polar surface area (TPSA) is 97.8 Å². The van der Waals surface area contributed by atoms with Crippen molar-refractivity contribution in [2.45, 2.75) is 32.3 Å². The second kappa shape index (κ2) is 9.76. The van der Waals surface area contributed by atoms with Crippen LogP contribution < -0.4 is 4.74 Å². The Labute approximate surface area is 185 Å². The average molecular weight is 469 g/mol. The zero-order valence-electron chi connectivity index (χ0n) is 17.3. The molecule has 0 saturated heterocycles. The lowest BCUT2D eigenvalue weighted by Gasteiger charge is -2.24. The van der Waals surface area contributed by atoms with Crippen molar-refractivity contribution >= 4 is 11.9 Å². The van der Waals surface area contributed by atoms with E-state index in [-0.39, 0.29) is 11.8 Å². The van der Waals surface area contributed by atoms with Gasteiger partial charge in [0.15, 0.2) is 5.82 Å². The van der Waals surface area contributed by atoms with Crippen LogP contribution in [0.3, 0.4) is 0 Å². The fourth-order valence-corrected chi connectivity index (χ4v) is 3.18. The first-order valence-electron chi connectivity index (χ1n) is 9.61. The highest BCUT2D eigenvalue weighted by Crippen LogP contribution is 2.22. The molecule has 12 heteroatoms. The predicted octanol–water partition coefficient (Wildman–Crippen LogP) is 3.66. The van der Waals surface area contributed by atoms with Gasteiger partial charge < -0.3 is 23.7 Å². The van der Waals surface area contributed by atoms with Crippen LogP contribution in [0.4, 0.5) is 17.6 Å². The summed E-state index contributed by atoms with van der Waals surface area (Å²) >= 11 is 0. The Morgan fingerprint density at radius 2 is 1.94 bits per heavy atom. The van der Waals surface area contributed by atoms with Crippen molar-refractivity contribution in [1.29, 1.82) is 0 Å². The maximum absolute atomic E-state index is 13.9. The fourth-order valence-electron chi connectivity index (χ4n) is 3.18. The van der Waals surface area contributed by atoms with Gasteiger partial charge in [-0.15, -0.1) is 0 Å². The Bertz CT molecular complexity index is 1130. The summed E-state index contributed by atoms with van der Waals surface area (Å²) in [5.74, 6) is -2.90. The molecule has 1 amide bonds. The van der Waals surface area contributed by atoms with Gasteiger partial charge in [-0.05, 0) is 37.3 Å². The van der Waals surface area contributed by atoms with Crippen LogP contribution in [-0.4, -0.2) is 50.3 Å². The molecule has 0 fully saturated rings. The molecule has 1 aliphatic heterocycles. The molecule has 0 bridgehead atoms. The Morgan fingerprint density at radius 3 is 2.55 bits per heavy atom. The zero-order chi connectivity index (χ0) is 24.2. The van der Waals surface area contributed by atoms with Crippen molar-refractivity contribution in [3.63, 3.8) is 0 Å². The highest BCUT2D eigenvalue weighted by Gasteiger charge is 2.38. The molecule has 0 saturated carbocycles. The number of hydrogen-bond acceptors (Lipinski definition) is 5. The van der Waals surface area contributed by atoms with Gasteiger partial charge in [-0.2, -0.15) is 13.2 Å². The number of alkyl halides is 3. The Morgan fingerprint density at radius 1 is 1.21 bits per heavy atom. The summed E-state index contributed by atoms with van der Waals surface area (Å²) in [5.41, 5.74) is 1.51. The number of furan rings is 1. The second-order valence-corrected chi connectivity index (χ2v) is 7.06. The van der Waals surface area contributed by atoms with Gasteiger partial charge >= 0.3 is 12.1 Å². The molecular formula is C21H19F4N3O5. The minimum Gasteiger partial charge on any atom is -0.475 e. The number of ether oxygens (including phenoxy) is 1. The minimum atomic E-state index is -5.08. The molecule has 3 aromatic rings. The average Bonchev–Trinajstić information content (AvgIpc) is 3.33. The maximum atomic E-state index is 13.9. The molecule has 176 valence electrons. The van der Waals surface area contributed by atoms with E-state index in [1.54, 1.807) is 17.9 Å². The number of aryl methyl sites for hydroxylation is 1. The van der Waals surface area contributed by atoms with Crippen molar-refractivity contribution in [3.05, 3.63) is 71.8 Å². The third kappa shape index (κ3) is 5.90. The number of pyridine rings is 1. The zero-order valence-corrected chi connectivity index (χ0v) is 17.3. The van der Waals surface area contributed by atoms with E-state index in [9.17, 15) is 22.4 Å². The van der Waals surface area contributed by atoms with E-state index in [1.807, 2.05) is 22.9 Å². The molecule has 1 aliphatic rings. The van der Waals surface area contributed by atoms with E-state index in [2.05, 4.69) is 4.98 Å². The lowest BCUT2D eigenvalue weighted by molar-refractivity contribution is -0.192. The van der Waals surface area contributed by atoms with Gasteiger partial charge in [-0.1, -0.05) is 0 Å². The highest BCUT2D eigenvalue weighted by molar-refractivity contribution is 5.95. The quantitative estimate of drug-likeness (QED) is 0.588. The Kier molecular flexibility index (Phi) is 7.04. The number of carboxylic acid groups (broad SMARTS) is 1. The summed E-state index contributed by atoms with van der Waals surface area (Å²) < 4.78 is 58.7. The summed E-state index contributed by atoms with van der Waals surface area (Å²) in [6.07, 6.45) is -0.601. The first kappa shape index (κ1) is 23.8. The smallest absolute Gasteiger partial charge is 0.475 e. The number of carboxylic acids is 1. The lowest BCUT2D eigenvalue weighted by Crippen LogP contribution is -2.39. The molecular weight excluding hydrogens is 450 g/mol. The number of amides is 1. The number of fused-ring (bicyclic) bond motifs is 1. The van der Waals surface area contributed by atoms with Crippen LogP contribution in [0.25, 0.3) is 0 Å². The number of rotatable bonds is 3. The van der Waals surface area contributed by atoms with Gasteiger partial charge in [-0.25, -0.2) is 14.2 Å². The summed E-state index contributed by atoms with van der Waals surface area (Å²) in [6.45, 7) is 3.03. The maximum Gasteiger partial charge on any atom is 0.490 e. The van der Waals surface area contributed by atoms with Crippen molar-refractivity contribution in [1.82, 2.24) is 14.5 Å². The first-order chi connectivity index (χ1) is 15.6. The molecule has 4 heterocycles. The number of hydrogen-bond donors (Lipinski definition) is 1. The van der Waals surface area contributed by atoms with Crippen LogP contribution in [-0.2, 0) is 17.9 Å². The monoisotopic (exact) mass is 469 g/mol.